The van der Waals surface area contributed by atoms with E-state index in [1.54, 1.807) is 7.11 Å². The van der Waals surface area contributed by atoms with Crippen LogP contribution in [0.4, 0.5) is 17.5 Å². The minimum Gasteiger partial charge on any atom is -0.497 e. The minimum atomic E-state index is -0.0159. The molecule has 180 valence electrons. The first kappa shape index (κ1) is 22.4. The van der Waals surface area contributed by atoms with Crippen molar-refractivity contribution in [1.82, 2.24) is 24.4 Å². The van der Waals surface area contributed by atoms with Crippen LogP contribution in [-0.2, 0) is 4.79 Å². The molecule has 0 spiro atoms. The Morgan fingerprint density at radius 2 is 1.88 bits per heavy atom. The van der Waals surface area contributed by atoms with Gasteiger partial charge in [-0.05, 0) is 44.9 Å². The van der Waals surface area contributed by atoms with Crippen molar-refractivity contribution in [1.29, 1.82) is 0 Å². The van der Waals surface area contributed by atoms with Crippen molar-refractivity contribution in [2.45, 2.75) is 31.7 Å². The predicted molar refractivity (Wildman–Crippen MR) is 132 cm³/mol. The standard InChI is InChI=1S/C24H32N8O2/c1-30-10-12-31(13-11-30)24-28-21(25)20-22(29-24)32(15-26-20)18-8-6-16(7-9-18)23(33)27-17-4-3-5-19(14-17)34-2/h3-5,14-16,18H,6-13H2,1-2H3,(H,27,33)(H2,25,28,29). The van der Waals surface area contributed by atoms with Gasteiger partial charge in [0.1, 0.15) is 11.3 Å². The summed E-state index contributed by atoms with van der Waals surface area (Å²) in [6.45, 7) is 3.71. The van der Waals surface area contributed by atoms with Crippen molar-refractivity contribution in [3.05, 3.63) is 30.6 Å². The van der Waals surface area contributed by atoms with Crippen LogP contribution in [0.3, 0.4) is 0 Å². The number of fused-ring (bicyclic) bond motifs is 1. The quantitative estimate of drug-likeness (QED) is 0.592. The van der Waals surface area contributed by atoms with Crippen molar-refractivity contribution in [2.75, 3.05) is 56.3 Å². The average Bonchev–Trinajstić information content (AvgIpc) is 3.29. The zero-order valence-corrected chi connectivity index (χ0v) is 19.8. The maximum absolute atomic E-state index is 12.8. The number of rotatable bonds is 5. The fourth-order valence-electron chi connectivity index (χ4n) is 4.90. The van der Waals surface area contributed by atoms with Gasteiger partial charge in [-0.15, -0.1) is 0 Å². The van der Waals surface area contributed by atoms with Gasteiger partial charge in [-0.3, -0.25) is 4.79 Å². The number of likely N-dealkylation sites (N-methyl/N-ethyl adjacent to an activating group) is 1. The van der Waals surface area contributed by atoms with Crippen LogP contribution in [0.25, 0.3) is 11.2 Å². The van der Waals surface area contributed by atoms with Crippen LogP contribution < -0.4 is 20.7 Å². The Bertz CT molecular complexity index is 1160. The summed E-state index contributed by atoms with van der Waals surface area (Å²) in [5.41, 5.74) is 8.46. The second-order valence-corrected chi connectivity index (χ2v) is 9.25. The van der Waals surface area contributed by atoms with E-state index in [2.05, 4.69) is 36.7 Å². The molecular formula is C24H32N8O2. The number of anilines is 3. The van der Waals surface area contributed by atoms with Gasteiger partial charge in [0.15, 0.2) is 11.5 Å². The second kappa shape index (κ2) is 9.46. The van der Waals surface area contributed by atoms with Crippen molar-refractivity contribution in [2.24, 2.45) is 5.92 Å². The number of nitrogen functional groups attached to an aromatic ring is 1. The molecule has 3 N–H and O–H groups in total. The summed E-state index contributed by atoms with van der Waals surface area (Å²) in [6, 6.07) is 7.69. The van der Waals surface area contributed by atoms with E-state index in [1.165, 1.54) is 0 Å². The molecule has 1 saturated heterocycles. The molecule has 1 amide bonds. The predicted octanol–water partition coefficient (Wildman–Crippen LogP) is 2.54. The first-order chi connectivity index (χ1) is 16.5. The number of ether oxygens (including phenoxy) is 1. The SMILES string of the molecule is COc1cccc(NC(=O)C2CCC(n3cnc4c(N)nc(N5CCN(C)CC5)nc43)CC2)c1. The lowest BCUT2D eigenvalue weighted by atomic mass is 9.85. The molecule has 10 heteroatoms. The summed E-state index contributed by atoms with van der Waals surface area (Å²) >= 11 is 0. The van der Waals surface area contributed by atoms with Crippen molar-refractivity contribution < 1.29 is 9.53 Å². The highest BCUT2D eigenvalue weighted by Crippen LogP contribution is 2.35. The maximum Gasteiger partial charge on any atom is 0.229 e. The largest absolute Gasteiger partial charge is 0.497 e. The molecule has 2 fully saturated rings. The highest BCUT2D eigenvalue weighted by Gasteiger charge is 2.29. The van der Waals surface area contributed by atoms with Crippen LogP contribution in [0.1, 0.15) is 31.7 Å². The lowest BCUT2D eigenvalue weighted by molar-refractivity contribution is -0.120. The van der Waals surface area contributed by atoms with Crippen molar-refractivity contribution in [3.63, 3.8) is 0 Å². The third kappa shape index (κ3) is 4.50. The molecule has 0 bridgehead atoms. The number of nitrogens with two attached hydrogens (primary N) is 1. The molecule has 2 aromatic heterocycles. The highest BCUT2D eigenvalue weighted by molar-refractivity contribution is 5.92. The molecule has 34 heavy (non-hydrogen) atoms. The number of imidazole rings is 1. The van der Waals surface area contributed by atoms with E-state index in [-0.39, 0.29) is 17.9 Å². The van der Waals surface area contributed by atoms with Gasteiger partial charge < -0.3 is 30.2 Å². The summed E-state index contributed by atoms with van der Waals surface area (Å²) in [5.74, 6) is 1.87. The van der Waals surface area contributed by atoms with Gasteiger partial charge in [0.05, 0.1) is 13.4 Å². The van der Waals surface area contributed by atoms with E-state index in [0.29, 0.717) is 17.3 Å². The Kier molecular flexibility index (Phi) is 6.23. The molecule has 3 aromatic rings. The van der Waals surface area contributed by atoms with E-state index in [9.17, 15) is 4.79 Å². The average molecular weight is 465 g/mol. The highest BCUT2D eigenvalue weighted by atomic mass is 16.5. The van der Waals surface area contributed by atoms with Gasteiger partial charge in [0, 0.05) is 49.9 Å². The Balaban J connectivity index is 1.27. The third-order valence-electron chi connectivity index (χ3n) is 7.02. The first-order valence-electron chi connectivity index (χ1n) is 11.9. The second-order valence-electron chi connectivity index (χ2n) is 9.25. The molecule has 1 aromatic carbocycles. The Morgan fingerprint density at radius 3 is 2.62 bits per heavy atom. The smallest absolute Gasteiger partial charge is 0.229 e. The molecule has 0 unspecified atom stereocenters. The lowest BCUT2D eigenvalue weighted by Crippen LogP contribution is -2.45. The number of nitrogens with zero attached hydrogens (tertiary/aromatic N) is 6. The Labute approximate surface area is 199 Å². The van der Waals surface area contributed by atoms with Crippen LogP contribution in [-0.4, -0.2) is 70.7 Å². The number of hydrogen-bond donors (Lipinski definition) is 2. The van der Waals surface area contributed by atoms with Gasteiger partial charge in [0.25, 0.3) is 0 Å². The molecule has 2 aliphatic rings. The van der Waals surface area contributed by atoms with E-state index in [1.807, 2.05) is 30.6 Å². The molecule has 1 aliphatic carbocycles. The molecule has 0 atom stereocenters. The van der Waals surface area contributed by atoms with Crippen LogP contribution in [0.2, 0.25) is 0 Å². The summed E-state index contributed by atoms with van der Waals surface area (Å²) in [7, 11) is 3.74. The lowest BCUT2D eigenvalue weighted by Gasteiger charge is -2.32. The van der Waals surface area contributed by atoms with E-state index in [0.717, 1.165) is 68.9 Å². The summed E-state index contributed by atoms with van der Waals surface area (Å²) in [5, 5.41) is 3.04. The number of aromatic nitrogens is 4. The zero-order chi connectivity index (χ0) is 23.7. The Hall–Kier alpha value is -3.40. The number of amides is 1. The number of hydrogen-bond acceptors (Lipinski definition) is 8. The van der Waals surface area contributed by atoms with E-state index < -0.39 is 0 Å². The molecular weight excluding hydrogens is 432 g/mol. The van der Waals surface area contributed by atoms with Gasteiger partial charge in [0.2, 0.25) is 11.9 Å². The molecule has 5 rings (SSSR count). The topological polar surface area (TPSA) is 114 Å². The molecule has 1 aliphatic heterocycles. The van der Waals surface area contributed by atoms with Crippen LogP contribution in [0, 0.1) is 5.92 Å². The Morgan fingerprint density at radius 1 is 1.12 bits per heavy atom. The normalized spacial score (nSPS) is 21.5. The number of piperazine rings is 1. The van der Waals surface area contributed by atoms with Gasteiger partial charge >= 0.3 is 0 Å². The first-order valence-corrected chi connectivity index (χ1v) is 11.9. The van der Waals surface area contributed by atoms with Crippen LogP contribution in [0.5, 0.6) is 5.75 Å². The summed E-state index contributed by atoms with van der Waals surface area (Å²) in [4.78, 5) is 31.2. The molecule has 0 radical (unpaired) electrons. The summed E-state index contributed by atoms with van der Waals surface area (Å²) in [6.07, 6.45) is 5.22. The number of methoxy groups -OCH3 is 1. The fraction of sp³-hybridized carbons (Fsp3) is 0.500. The zero-order valence-electron chi connectivity index (χ0n) is 19.8. The fourth-order valence-corrected chi connectivity index (χ4v) is 4.90. The maximum atomic E-state index is 12.8. The van der Waals surface area contributed by atoms with Crippen molar-refractivity contribution in [3.8, 4) is 5.75 Å². The van der Waals surface area contributed by atoms with Gasteiger partial charge in [-0.25, -0.2) is 4.98 Å². The number of carbonyl (C=O) groups is 1. The number of carbonyl (C=O) groups excluding carboxylic acids is 1. The van der Waals surface area contributed by atoms with Gasteiger partial charge in [-0.1, -0.05) is 6.07 Å². The van der Waals surface area contributed by atoms with Gasteiger partial charge in [-0.2, -0.15) is 9.97 Å². The number of benzene rings is 1. The molecule has 10 nitrogen and oxygen atoms in total. The molecule has 3 heterocycles. The summed E-state index contributed by atoms with van der Waals surface area (Å²) < 4.78 is 7.38. The monoisotopic (exact) mass is 464 g/mol. The number of nitrogens with one attached hydrogen (secondary N) is 1. The minimum absolute atomic E-state index is 0.0159. The van der Waals surface area contributed by atoms with Crippen molar-refractivity contribution >= 4 is 34.5 Å². The van der Waals surface area contributed by atoms with E-state index >= 15 is 0 Å². The van der Waals surface area contributed by atoms with E-state index in [4.69, 9.17) is 15.5 Å². The third-order valence-corrected chi connectivity index (χ3v) is 7.02. The van der Waals surface area contributed by atoms with Crippen LogP contribution in [0.15, 0.2) is 30.6 Å². The van der Waals surface area contributed by atoms with Crippen LogP contribution >= 0.6 is 0 Å². The molecule has 1 saturated carbocycles.